The predicted molar refractivity (Wildman–Crippen MR) is 152 cm³/mol. The van der Waals surface area contributed by atoms with E-state index in [1.165, 1.54) is 31.7 Å². The van der Waals surface area contributed by atoms with E-state index in [0.29, 0.717) is 5.56 Å². The first-order valence-corrected chi connectivity index (χ1v) is 13.6. The van der Waals surface area contributed by atoms with E-state index < -0.39 is 48.4 Å². The number of carbonyl (C=O) groups excluding carboxylic acids is 4. The number of imidazole rings is 1. The number of ether oxygens (including phenoxy) is 5. The first kappa shape index (κ1) is 30.1. The fourth-order valence-electron chi connectivity index (χ4n) is 4.64. The lowest BCUT2D eigenvalue weighted by molar-refractivity contribution is -0.166. The van der Waals surface area contributed by atoms with Crippen LogP contribution in [0.1, 0.15) is 42.9 Å². The van der Waals surface area contributed by atoms with Gasteiger partial charge in [-0.1, -0.05) is 48.5 Å². The van der Waals surface area contributed by atoms with Gasteiger partial charge < -0.3 is 23.7 Å². The van der Waals surface area contributed by atoms with Crippen molar-refractivity contribution in [3.8, 4) is 5.88 Å². The number of hydrogen-bond donors (Lipinski definition) is 1. The first-order chi connectivity index (χ1) is 21.2. The molecule has 0 bridgehead atoms. The van der Waals surface area contributed by atoms with Crippen LogP contribution in [0.3, 0.4) is 0 Å². The molecule has 14 nitrogen and oxygen atoms in total. The van der Waals surface area contributed by atoms with Gasteiger partial charge in [0.15, 0.2) is 29.6 Å². The molecule has 0 radical (unpaired) electrons. The molecule has 1 aliphatic heterocycles. The second kappa shape index (κ2) is 13.3. The molecule has 2 aromatic heterocycles. The minimum Gasteiger partial charge on any atom is -0.471 e. The summed E-state index contributed by atoms with van der Waals surface area (Å²) in [6.45, 7) is 3.47. The summed E-state index contributed by atoms with van der Waals surface area (Å²) >= 11 is 0. The summed E-state index contributed by atoms with van der Waals surface area (Å²) in [5.41, 5.74) is 1.61. The van der Waals surface area contributed by atoms with Gasteiger partial charge in [0.2, 0.25) is 11.8 Å². The molecule has 5 rings (SSSR count). The number of anilines is 1. The Bertz CT molecular complexity index is 1660. The molecule has 14 heteroatoms. The van der Waals surface area contributed by atoms with E-state index in [0.717, 1.165) is 5.56 Å². The minimum atomic E-state index is -1.18. The highest BCUT2D eigenvalue weighted by Crippen LogP contribution is 2.37. The number of esters is 3. The smallest absolute Gasteiger partial charge is 0.303 e. The van der Waals surface area contributed by atoms with Crippen molar-refractivity contribution < 1.29 is 42.9 Å². The number of rotatable bonds is 10. The molecule has 44 heavy (non-hydrogen) atoms. The van der Waals surface area contributed by atoms with Gasteiger partial charge in [0, 0.05) is 26.3 Å². The predicted octanol–water partition coefficient (Wildman–Crippen LogP) is 2.98. The third-order valence-electron chi connectivity index (χ3n) is 6.48. The number of nitrogens with zero attached hydrogens (tertiary/aromatic N) is 4. The zero-order valence-corrected chi connectivity index (χ0v) is 24.0. The molecule has 3 heterocycles. The summed E-state index contributed by atoms with van der Waals surface area (Å²) in [4.78, 5) is 62.1. The number of amides is 1. The first-order valence-electron chi connectivity index (χ1n) is 13.6. The fourth-order valence-corrected chi connectivity index (χ4v) is 4.64. The Kier molecular flexibility index (Phi) is 9.09. The molecule has 228 valence electrons. The van der Waals surface area contributed by atoms with E-state index in [9.17, 15) is 19.2 Å². The lowest BCUT2D eigenvalue weighted by Crippen LogP contribution is -2.40. The molecule has 0 unspecified atom stereocenters. The van der Waals surface area contributed by atoms with Crippen LogP contribution in [0.5, 0.6) is 5.88 Å². The molecule has 0 saturated carbocycles. The Morgan fingerprint density at radius 3 is 2.18 bits per heavy atom. The maximum absolute atomic E-state index is 13.0. The van der Waals surface area contributed by atoms with Crippen molar-refractivity contribution in [3.63, 3.8) is 0 Å². The molecular weight excluding hydrogens is 575 g/mol. The van der Waals surface area contributed by atoms with Crippen LogP contribution in [0, 0.1) is 0 Å². The van der Waals surface area contributed by atoms with Gasteiger partial charge in [0.25, 0.3) is 5.91 Å². The maximum Gasteiger partial charge on any atom is 0.303 e. The standard InChI is InChI=1S/C30H29N5O9/c1-17(36)40-15-22-24(42-18(2)37)25(43-19(3)38)29(44-22)35-16-31-23-26(35)32-30(33-27(39)21-12-8-5-9-13-21)34-28(23)41-14-20-10-6-4-7-11-20/h4-13,16,22,24-25,29H,14-15H2,1-3H3,(H,32,33,34,39)/t22-,24-,25-,29-/m1/s1/i33+1. The lowest BCUT2D eigenvalue weighted by Gasteiger charge is -2.23. The van der Waals surface area contributed by atoms with Crippen molar-refractivity contribution in [1.82, 2.24) is 19.5 Å². The third-order valence-corrected chi connectivity index (χ3v) is 6.48. The van der Waals surface area contributed by atoms with Crippen LogP contribution < -0.4 is 10.1 Å². The summed E-state index contributed by atoms with van der Waals surface area (Å²) in [7, 11) is 0. The van der Waals surface area contributed by atoms with Crippen LogP contribution in [-0.4, -0.2) is 68.3 Å². The minimum absolute atomic E-state index is 0.0657. The maximum atomic E-state index is 13.0. The SMILES string of the molecule is CC(=O)OC[C@H]1O[C@@H](n2cnc3c(OCc4ccccc4)nc([15NH]C(=O)c4ccccc4)nc32)[C@H](OC(C)=O)[C@@H]1OC(C)=O. The largest absolute Gasteiger partial charge is 0.471 e. The van der Waals surface area contributed by atoms with E-state index in [1.54, 1.807) is 30.3 Å². The highest BCUT2D eigenvalue weighted by molar-refractivity contribution is 6.03. The Labute approximate surface area is 251 Å². The monoisotopic (exact) mass is 604 g/mol. The van der Waals surface area contributed by atoms with Crippen molar-refractivity contribution in [2.75, 3.05) is 11.9 Å². The van der Waals surface area contributed by atoms with Crippen LogP contribution in [-0.2, 0) is 39.9 Å². The van der Waals surface area contributed by atoms with Crippen molar-refractivity contribution in [2.24, 2.45) is 0 Å². The average molecular weight is 605 g/mol. The van der Waals surface area contributed by atoms with Crippen molar-refractivity contribution >= 4 is 40.9 Å². The van der Waals surface area contributed by atoms with Crippen LogP contribution in [0.4, 0.5) is 5.95 Å². The molecule has 1 fully saturated rings. The van der Waals surface area contributed by atoms with Crippen LogP contribution in [0.2, 0.25) is 0 Å². The van der Waals surface area contributed by atoms with E-state index in [2.05, 4.69) is 20.3 Å². The molecule has 1 amide bonds. The molecule has 2 aromatic carbocycles. The van der Waals surface area contributed by atoms with E-state index in [-0.39, 0.29) is 36.2 Å². The van der Waals surface area contributed by atoms with Crippen molar-refractivity contribution in [3.05, 3.63) is 78.1 Å². The van der Waals surface area contributed by atoms with Crippen LogP contribution in [0.25, 0.3) is 11.2 Å². The number of aromatic nitrogens is 4. The highest BCUT2D eigenvalue weighted by Gasteiger charge is 2.51. The van der Waals surface area contributed by atoms with E-state index >= 15 is 0 Å². The Hall–Kier alpha value is -5.37. The topological polar surface area (TPSA) is 170 Å². The van der Waals surface area contributed by atoms with Gasteiger partial charge in [-0.25, -0.2) is 4.98 Å². The van der Waals surface area contributed by atoms with Gasteiger partial charge in [0.05, 0.1) is 6.33 Å². The Morgan fingerprint density at radius 2 is 1.52 bits per heavy atom. The van der Waals surface area contributed by atoms with Gasteiger partial charge in [-0.2, -0.15) is 9.97 Å². The van der Waals surface area contributed by atoms with Crippen LogP contribution >= 0.6 is 0 Å². The van der Waals surface area contributed by atoms with Gasteiger partial charge in [-0.15, -0.1) is 0 Å². The summed E-state index contributed by atoms with van der Waals surface area (Å²) in [5.74, 6) is -2.40. The molecule has 4 atom stereocenters. The molecule has 1 N–H and O–H groups in total. The van der Waals surface area contributed by atoms with Gasteiger partial charge in [-0.3, -0.25) is 29.1 Å². The number of carbonyl (C=O) groups is 4. The Balaban J connectivity index is 1.56. The molecule has 1 aliphatic rings. The van der Waals surface area contributed by atoms with E-state index in [1.807, 2.05) is 30.3 Å². The molecular formula is C30H29N5O9. The van der Waals surface area contributed by atoms with Crippen molar-refractivity contribution in [1.29, 1.82) is 0 Å². The summed E-state index contributed by atoms with van der Waals surface area (Å²) in [5, 5.41) is 2.68. The number of hydrogen-bond acceptors (Lipinski definition) is 12. The molecule has 0 spiro atoms. The number of nitrogens with one attached hydrogen (secondary N) is 1. The summed E-state index contributed by atoms with van der Waals surface area (Å²) in [6.07, 6.45) is -3.07. The summed E-state index contributed by atoms with van der Waals surface area (Å²) < 4.78 is 29.8. The lowest BCUT2D eigenvalue weighted by atomic mass is 10.1. The Morgan fingerprint density at radius 1 is 0.864 bits per heavy atom. The number of fused-ring (bicyclic) bond motifs is 1. The normalized spacial score (nSPS) is 19.2. The molecule has 1 saturated heterocycles. The quantitative estimate of drug-likeness (QED) is 0.160. The molecule has 4 aromatic rings. The zero-order chi connectivity index (χ0) is 31.2. The fraction of sp³-hybridized carbons (Fsp3) is 0.300. The summed E-state index contributed by atoms with van der Waals surface area (Å²) in [6, 6.07) is 17.9. The average Bonchev–Trinajstić information content (AvgIpc) is 3.56. The van der Waals surface area contributed by atoms with Gasteiger partial charge >= 0.3 is 17.9 Å². The second-order valence-electron chi connectivity index (χ2n) is 9.79. The van der Waals surface area contributed by atoms with Gasteiger partial charge in [0.1, 0.15) is 19.3 Å². The van der Waals surface area contributed by atoms with Gasteiger partial charge in [-0.05, 0) is 17.7 Å². The highest BCUT2D eigenvalue weighted by atomic mass is 16.7. The van der Waals surface area contributed by atoms with E-state index in [4.69, 9.17) is 23.7 Å². The van der Waals surface area contributed by atoms with Crippen LogP contribution in [0.15, 0.2) is 67.0 Å². The number of benzene rings is 2. The zero-order valence-electron chi connectivity index (χ0n) is 24.0. The molecule has 0 aliphatic carbocycles. The second-order valence-corrected chi connectivity index (χ2v) is 9.79. The van der Waals surface area contributed by atoms with Crippen molar-refractivity contribution in [2.45, 2.75) is 51.9 Å². The third kappa shape index (κ3) is 6.98.